The van der Waals surface area contributed by atoms with E-state index in [2.05, 4.69) is 40.8 Å². The van der Waals surface area contributed by atoms with E-state index in [0.29, 0.717) is 35.8 Å². The van der Waals surface area contributed by atoms with E-state index >= 15 is 0 Å². The minimum absolute atomic E-state index is 0.205. The molecule has 0 spiro atoms. The number of hydrogen-bond acceptors (Lipinski definition) is 7. The first-order valence-electron chi connectivity index (χ1n) is 16.0. The van der Waals surface area contributed by atoms with Crippen molar-refractivity contribution in [3.8, 4) is 0 Å². The summed E-state index contributed by atoms with van der Waals surface area (Å²) in [6, 6.07) is 13.6. The van der Waals surface area contributed by atoms with Gasteiger partial charge in [0.05, 0.1) is 11.4 Å². The molecule has 4 rings (SSSR count). The van der Waals surface area contributed by atoms with Gasteiger partial charge in [0.25, 0.3) is 5.91 Å². The van der Waals surface area contributed by atoms with Crippen molar-refractivity contribution in [2.24, 2.45) is 5.41 Å². The zero-order valence-electron chi connectivity index (χ0n) is 28.9. The van der Waals surface area contributed by atoms with Crippen LogP contribution in [0.15, 0.2) is 96.5 Å². The van der Waals surface area contributed by atoms with Gasteiger partial charge in [-0.25, -0.2) is 9.59 Å². The van der Waals surface area contributed by atoms with Crippen molar-refractivity contribution in [3.63, 3.8) is 0 Å². The highest BCUT2D eigenvalue weighted by Crippen LogP contribution is 2.27. The smallest absolute Gasteiger partial charge is 0.412 e. The predicted molar refractivity (Wildman–Crippen MR) is 187 cm³/mol. The number of rotatable bonds is 11. The van der Waals surface area contributed by atoms with Crippen LogP contribution in [0.5, 0.6) is 0 Å². The third-order valence-electron chi connectivity index (χ3n) is 7.18. The number of nitrogens with zero attached hydrogens (tertiary/aromatic N) is 2. The zero-order chi connectivity index (χ0) is 34.9. The summed E-state index contributed by atoms with van der Waals surface area (Å²) in [5.74, 6) is 0.418. The van der Waals surface area contributed by atoms with Crippen molar-refractivity contribution in [2.45, 2.75) is 59.6 Å². The van der Waals surface area contributed by atoms with E-state index in [-0.39, 0.29) is 23.2 Å². The Morgan fingerprint density at radius 3 is 2.19 bits per heavy atom. The lowest BCUT2D eigenvalue weighted by Crippen LogP contribution is -2.46. The number of nitrogens with one attached hydrogen (secondary N) is 3. The Hall–Kier alpha value is -5.03. The Morgan fingerprint density at radius 1 is 0.875 bits per heavy atom. The number of benzene rings is 2. The quantitative estimate of drug-likeness (QED) is 0.231. The van der Waals surface area contributed by atoms with E-state index in [1.54, 1.807) is 62.1 Å². The van der Waals surface area contributed by atoms with E-state index in [0.717, 1.165) is 30.5 Å². The summed E-state index contributed by atoms with van der Waals surface area (Å²) in [6.45, 7) is 11.1. The fourth-order valence-electron chi connectivity index (χ4n) is 5.43. The largest absolute Gasteiger partial charge is 0.463 e. The van der Waals surface area contributed by atoms with Crippen LogP contribution in [0.2, 0.25) is 0 Å². The van der Waals surface area contributed by atoms with Crippen molar-refractivity contribution in [3.05, 3.63) is 108 Å². The number of carbonyl (C=O) groups is 3. The molecule has 0 bridgehead atoms. The highest BCUT2D eigenvalue weighted by atomic mass is 16.6. The van der Waals surface area contributed by atoms with Crippen LogP contribution in [-0.4, -0.2) is 60.6 Å². The Kier molecular flexibility index (Phi) is 11.7. The van der Waals surface area contributed by atoms with Crippen LogP contribution in [0, 0.1) is 5.41 Å². The normalized spacial score (nSPS) is 14.5. The maximum atomic E-state index is 13.7. The second kappa shape index (κ2) is 15.7. The third kappa shape index (κ3) is 11.0. The van der Waals surface area contributed by atoms with Crippen molar-refractivity contribution in [1.82, 2.24) is 15.1 Å². The van der Waals surface area contributed by atoms with Gasteiger partial charge in [-0.15, -0.1) is 0 Å². The van der Waals surface area contributed by atoms with Gasteiger partial charge in [-0.3, -0.25) is 15.4 Å². The van der Waals surface area contributed by atoms with Crippen LogP contribution in [-0.2, 0) is 20.8 Å². The molecule has 11 heteroatoms. The number of para-hydroxylation sites is 2. The molecular weight excluding hydrogens is 610 g/mol. The molecule has 4 amide bonds. The topological polar surface area (TPSA) is 121 Å². The molecule has 0 radical (unpaired) electrons. The van der Waals surface area contributed by atoms with Gasteiger partial charge in [0, 0.05) is 25.2 Å². The van der Waals surface area contributed by atoms with Crippen molar-refractivity contribution >= 4 is 29.4 Å². The first kappa shape index (κ1) is 35.8. The lowest BCUT2D eigenvalue weighted by Gasteiger charge is -2.35. The van der Waals surface area contributed by atoms with E-state index in [9.17, 15) is 14.4 Å². The molecule has 0 saturated heterocycles. The summed E-state index contributed by atoms with van der Waals surface area (Å²) in [5, 5.41) is 8.43. The average molecular weight is 658 g/mol. The van der Waals surface area contributed by atoms with Crippen LogP contribution in [0.4, 0.5) is 21.0 Å². The van der Waals surface area contributed by atoms with Crippen molar-refractivity contribution < 1.29 is 28.6 Å². The van der Waals surface area contributed by atoms with E-state index in [1.165, 1.54) is 12.5 Å². The Morgan fingerprint density at radius 2 is 1.56 bits per heavy atom. The highest BCUT2D eigenvalue weighted by molar-refractivity contribution is 6.06. The van der Waals surface area contributed by atoms with E-state index in [1.807, 2.05) is 38.4 Å². The van der Waals surface area contributed by atoms with Crippen molar-refractivity contribution in [1.29, 1.82) is 0 Å². The molecule has 11 nitrogen and oxygen atoms in total. The molecule has 2 aromatic carbocycles. The molecule has 3 N–H and O–H groups in total. The summed E-state index contributed by atoms with van der Waals surface area (Å²) < 4.78 is 16.8. The standard InChI is InChI=1S/C37H47N5O6/c1-36(2,3)48-35(45)39-30-16-12-11-15-29(30)38-33(43)28-19-17-26(18-20-28)21-42(25-37(4,5)24-41(6)7)34(44)40-32-23-46-22-31(47-32)27-13-9-8-10-14-27/h8-9,11-13,15-20,22-23H,10,14,21,24-25H2,1-7H3,(H,38,43)(H,39,45)(H,40,44). The molecule has 0 atom stereocenters. The first-order chi connectivity index (χ1) is 22.7. The monoisotopic (exact) mass is 657 g/mol. The van der Waals surface area contributed by atoms with Gasteiger partial charge in [0.2, 0.25) is 5.88 Å². The Balaban J connectivity index is 1.44. The molecule has 1 heterocycles. The summed E-state index contributed by atoms with van der Waals surface area (Å²) in [4.78, 5) is 43.1. The van der Waals surface area contributed by atoms with Gasteiger partial charge < -0.3 is 29.3 Å². The fraction of sp³-hybridized carbons (Fsp3) is 0.378. The molecule has 0 aromatic heterocycles. The first-order valence-corrected chi connectivity index (χ1v) is 16.0. The van der Waals surface area contributed by atoms with Gasteiger partial charge in [-0.1, -0.05) is 56.3 Å². The number of allylic oxidation sites excluding steroid dienone is 4. The maximum absolute atomic E-state index is 13.7. The molecule has 48 heavy (non-hydrogen) atoms. The Labute approximate surface area is 283 Å². The summed E-state index contributed by atoms with van der Waals surface area (Å²) >= 11 is 0. The maximum Gasteiger partial charge on any atom is 0.412 e. The zero-order valence-corrected chi connectivity index (χ0v) is 28.9. The molecule has 256 valence electrons. The summed E-state index contributed by atoms with van der Waals surface area (Å²) in [6.07, 6.45) is 10.1. The second-order valence-electron chi connectivity index (χ2n) is 13.9. The van der Waals surface area contributed by atoms with Crippen LogP contribution in [0.25, 0.3) is 0 Å². The summed E-state index contributed by atoms with van der Waals surface area (Å²) in [7, 11) is 4.01. The Bertz CT molecular complexity index is 1600. The number of amides is 4. The van der Waals surface area contributed by atoms with Gasteiger partial charge in [0.15, 0.2) is 12.0 Å². The van der Waals surface area contributed by atoms with Gasteiger partial charge in [0.1, 0.15) is 11.9 Å². The second-order valence-corrected chi connectivity index (χ2v) is 13.9. The number of ether oxygens (including phenoxy) is 3. The SMILES string of the molecule is CN(C)CC(C)(C)CN(Cc1ccc(C(=O)Nc2ccccc2NC(=O)OC(C)(C)C)cc1)C(=O)NC1=COC=C(C2=CC=CCC2)O1. The fourth-order valence-corrected chi connectivity index (χ4v) is 5.43. The lowest BCUT2D eigenvalue weighted by atomic mass is 9.92. The minimum atomic E-state index is -0.664. The highest BCUT2D eigenvalue weighted by Gasteiger charge is 2.28. The van der Waals surface area contributed by atoms with Gasteiger partial charge >= 0.3 is 12.1 Å². The molecule has 2 aliphatic rings. The third-order valence-corrected chi connectivity index (χ3v) is 7.18. The van der Waals surface area contributed by atoms with Crippen LogP contribution < -0.4 is 16.0 Å². The minimum Gasteiger partial charge on any atom is -0.463 e. The van der Waals surface area contributed by atoms with Gasteiger partial charge in [-0.05, 0) is 88.5 Å². The molecule has 0 fully saturated rings. The van der Waals surface area contributed by atoms with Crippen LogP contribution >= 0.6 is 0 Å². The lowest BCUT2D eigenvalue weighted by molar-refractivity contribution is 0.0635. The van der Waals surface area contributed by atoms with Gasteiger partial charge in [-0.2, -0.15) is 0 Å². The van der Waals surface area contributed by atoms with Crippen LogP contribution in [0.1, 0.15) is 63.4 Å². The number of carbonyl (C=O) groups excluding carboxylic acids is 3. The molecule has 0 saturated carbocycles. The van der Waals surface area contributed by atoms with E-state index < -0.39 is 11.7 Å². The molecule has 0 unspecified atom stereocenters. The molecule has 1 aliphatic carbocycles. The molecule has 1 aliphatic heterocycles. The molecule has 2 aromatic rings. The number of anilines is 2. The number of hydrogen-bond donors (Lipinski definition) is 3. The van der Waals surface area contributed by atoms with Crippen molar-refractivity contribution in [2.75, 3.05) is 37.8 Å². The number of urea groups is 1. The van der Waals surface area contributed by atoms with Crippen LogP contribution in [0.3, 0.4) is 0 Å². The average Bonchev–Trinajstić information content (AvgIpc) is 3.01. The molecular formula is C37H47N5O6. The van der Waals surface area contributed by atoms with E-state index in [4.69, 9.17) is 14.2 Å². The summed E-state index contributed by atoms with van der Waals surface area (Å²) in [5.41, 5.74) is 2.19. The predicted octanol–water partition coefficient (Wildman–Crippen LogP) is 7.35.